The number of nitrogens with zero attached hydrogens (tertiary/aromatic N) is 2. The summed E-state index contributed by atoms with van der Waals surface area (Å²) in [5, 5.41) is 4.05. The van der Waals surface area contributed by atoms with Crippen LogP contribution >= 0.6 is 34.5 Å². The maximum absolute atomic E-state index is 13.6. The van der Waals surface area contributed by atoms with E-state index in [4.69, 9.17) is 27.9 Å². The summed E-state index contributed by atoms with van der Waals surface area (Å²) in [5.41, 5.74) is 2.82. The summed E-state index contributed by atoms with van der Waals surface area (Å²) in [6.07, 6.45) is -1.90. The second kappa shape index (κ2) is 12.2. The molecule has 6 rings (SSSR count). The van der Waals surface area contributed by atoms with E-state index in [-0.39, 0.29) is 23.8 Å². The van der Waals surface area contributed by atoms with Gasteiger partial charge in [0.05, 0.1) is 33.9 Å². The maximum Gasteiger partial charge on any atom is 0.259 e. The summed E-state index contributed by atoms with van der Waals surface area (Å²) in [5.74, 6) is -1.49. The Morgan fingerprint density at radius 1 is 0.930 bits per heavy atom. The first-order valence-electron chi connectivity index (χ1n) is 13.2. The Labute approximate surface area is 259 Å². The number of ketones is 1. The van der Waals surface area contributed by atoms with E-state index in [9.17, 15) is 18.8 Å². The second-order valence-corrected chi connectivity index (χ2v) is 11.8. The number of ether oxygens (including phenoxy) is 1. The smallest absolute Gasteiger partial charge is 0.259 e. The van der Waals surface area contributed by atoms with E-state index in [1.54, 1.807) is 48.5 Å². The third-order valence-electron chi connectivity index (χ3n) is 6.85. The molecule has 0 spiro atoms. The van der Waals surface area contributed by atoms with Crippen LogP contribution in [0.15, 0.2) is 91.0 Å². The van der Waals surface area contributed by atoms with Gasteiger partial charge in [-0.05, 0) is 72.3 Å². The Morgan fingerprint density at radius 2 is 1.67 bits per heavy atom. The average Bonchev–Trinajstić information content (AvgIpc) is 3.70. The van der Waals surface area contributed by atoms with Crippen molar-refractivity contribution >= 4 is 73.7 Å². The van der Waals surface area contributed by atoms with Crippen molar-refractivity contribution in [3.05, 3.63) is 123 Å². The summed E-state index contributed by atoms with van der Waals surface area (Å²) in [4.78, 5) is 45.5. The van der Waals surface area contributed by atoms with E-state index < -0.39 is 29.8 Å². The molecule has 1 aliphatic heterocycles. The van der Waals surface area contributed by atoms with Crippen LogP contribution in [0, 0.1) is 5.82 Å². The van der Waals surface area contributed by atoms with Crippen molar-refractivity contribution in [2.75, 3.05) is 10.2 Å². The second-order valence-electron chi connectivity index (χ2n) is 9.86. The van der Waals surface area contributed by atoms with Gasteiger partial charge in [0.15, 0.2) is 18.0 Å². The van der Waals surface area contributed by atoms with E-state index in [0.29, 0.717) is 27.5 Å². The first-order chi connectivity index (χ1) is 20.7. The van der Waals surface area contributed by atoms with Gasteiger partial charge in [-0.1, -0.05) is 47.5 Å². The van der Waals surface area contributed by atoms with Gasteiger partial charge in [-0.25, -0.2) is 9.37 Å². The average molecular weight is 635 g/mol. The molecule has 0 saturated carbocycles. The highest BCUT2D eigenvalue weighted by Crippen LogP contribution is 2.32. The minimum atomic E-state index is -1.04. The zero-order valence-corrected chi connectivity index (χ0v) is 24.6. The number of rotatable bonds is 9. The van der Waals surface area contributed by atoms with Crippen LogP contribution in [0.25, 0.3) is 10.2 Å². The number of nitrogens with one attached hydrogen (secondary N) is 1. The van der Waals surface area contributed by atoms with Crippen molar-refractivity contribution in [2.45, 2.75) is 25.2 Å². The number of thiazole rings is 1. The zero-order chi connectivity index (χ0) is 30.1. The highest BCUT2D eigenvalue weighted by molar-refractivity contribution is 7.18. The number of anilines is 2. The summed E-state index contributed by atoms with van der Waals surface area (Å²) in [7, 11) is 0. The Bertz CT molecular complexity index is 1810. The van der Waals surface area contributed by atoms with Crippen molar-refractivity contribution in [2.24, 2.45) is 0 Å². The number of carbonyl (C=O) groups excluding carboxylic acids is 3. The number of benzene rings is 4. The van der Waals surface area contributed by atoms with Gasteiger partial charge in [-0.3, -0.25) is 14.4 Å². The first kappa shape index (κ1) is 28.9. The Hall–Kier alpha value is -4.15. The van der Waals surface area contributed by atoms with Crippen molar-refractivity contribution in [3.8, 4) is 0 Å². The first-order valence-corrected chi connectivity index (χ1v) is 14.8. The van der Waals surface area contributed by atoms with E-state index in [1.165, 1.54) is 34.4 Å². The molecule has 43 heavy (non-hydrogen) atoms. The maximum atomic E-state index is 13.6. The molecular formula is C32H22Cl2FN3O4S. The molecule has 216 valence electrons. The van der Waals surface area contributed by atoms with Gasteiger partial charge in [-0.15, -0.1) is 11.3 Å². The topological polar surface area (TPSA) is 91.9 Å². The molecule has 2 heterocycles. The molecule has 1 aromatic heterocycles. The summed E-state index contributed by atoms with van der Waals surface area (Å²) >= 11 is 13.6. The van der Waals surface area contributed by atoms with E-state index in [2.05, 4.69) is 10.3 Å². The lowest BCUT2D eigenvalue weighted by molar-refractivity contribution is -0.120. The number of carbonyl (C=O) groups is 3. The predicted octanol–water partition coefficient (Wildman–Crippen LogP) is 7.11. The van der Waals surface area contributed by atoms with Gasteiger partial charge in [0.2, 0.25) is 0 Å². The lowest BCUT2D eigenvalue weighted by Crippen LogP contribution is -2.36. The Balaban J connectivity index is 1.18. The lowest BCUT2D eigenvalue weighted by Gasteiger charge is -2.23. The number of halogens is 3. The number of hydrogen-bond acceptors (Lipinski definition) is 6. The number of hydrogen-bond donors (Lipinski definition) is 1. The van der Waals surface area contributed by atoms with Gasteiger partial charge in [0, 0.05) is 16.3 Å². The van der Waals surface area contributed by atoms with Crippen molar-refractivity contribution in [1.82, 2.24) is 4.98 Å². The Kier molecular flexibility index (Phi) is 8.23. The molecule has 0 aliphatic carbocycles. The summed E-state index contributed by atoms with van der Waals surface area (Å²) in [6.45, 7) is 0.0926. The van der Waals surface area contributed by atoms with Gasteiger partial charge < -0.3 is 15.0 Å². The SMILES string of the molecule is O=C(Cc1nc2ccccc2s1)c1ccc(N(Cc2ccc(F)cc2)C(=O)[C@H]2O[C@@H]2C(=O)Nc2ccc(Cl)cc2Cl)cc1. The van der Waals surface area contributed by atoms with Gasteiger partial charge in [0.1, 0.15) is 10.8 Å². The van der Waals surface area contributed by atoms with Gasteiger partial charge >= 0.3 is 0 Å². The molecule has 1 aliphatic rings. The number of epoxide rings is 1. The van der Waals surface area contributed by atoms with Crippen LogP contribution in [0.3, 0.4) is 0 Å². The fourth-order valence-corrected chi connectivity index (χ4v) is 6.00. The molecule has 4 aromatic carbocycles. The molecular weight excluding hydrogens is 612 g/mol. The molecule has 2 amide bonds. The molecule has 0 bridgehead atoms. The molecule has 1 fully saturated rings. The monoisotopic (exact) mass is 633 g/mol. The Morgan fingerprint density at radius 3 is 2.40 bits per heavy atom. The molecule has 1 N–H and O–H groups in total. The van der Waals surface area contributed by atoms with Gasteiger partial charge in [-0.2, -0.15) is 0 Å². The largest absolute Gasteiger partial charge is 0.349 e. The van der Waals surface area contributed by atoms with Crippen molar-refractivity contribution in [1.29, 1.82) is 0 Å². The van der Waals surface area contributed by atoms with Crippen LogP contribution in [-0.4, -0.2) is 34.8 Å². The van der Waals surface area contributed by atoms with E-state index >= 15 is 0 Å². The van der Waals surface area contributed by atoms with Gasteiger partial charge in [0.25, 0.3) is 11.8 Å². The predicted molar refractivity (Wildman–Crippen MR) is 165 cm³/mol. The van der Waals surface area contributed by atoms with E-state index in [0.717, 1.165) is 15.2 Å². The number of aromatic nitrogens is 1. The third-order valence-corrected chi connectivity index (χ3v) is 8.44. The normalized spacial score (nSPS) is 15.7. The third kappa shape index (κ3) is 6.60. The highest BCUT2D eigenvalue weighted by atomic mass is 35.5. The quantitative estimate of drug-likeness (QED) is 0.138. The van der Waals surface area contributed by atoms with Crippen LogP contribution in [0.4, 0.5) is 15.8 Å². The number of para-hydroxylation sites is 1. The molecule has 2 atom stereocenters. The lowest BCUT2D eigenvalue weighted by atomic mass is 10.1. The molecule has 1 saturated heterocycles. The van der Waals surface area contributed by atoms with Crippen molar-refractivity contribution < 1.29 is 23.5 Å². The number of Topliss-reactive ketones (excluding diaryl/α,β-unsaturated/α-hetero) is 1. The summed E-state index contributed by atoms with van der Waals surface area (Å²) in [6, 6.07) is 24.7. The molecule has 7 nitrogen and oxygen atoms in total. The van der Waals surface area contributed by atoms with Crippen LogP contribution in [0.1, 0.15) is 20.9 Å². The number of fused-ring (bicyclic) bond motifs is 1. The minimum absolute atomic E-state index is 0.0926. The van der Waals surface area contributed by atoms with E-state index in [1.807, 2.05) is 24.3 Å². The van der Waals surface area contributed by atoms with Crippen LogP contribution < -0.4 is 10.2 Å². The molecule has 0 radical (unpaired) electrons. The number of amides is 2. The zero-order valence-electron chi connectivity index (χ0n) is 22.3. The standard InChI is InChI=1S/C32H22Cl2FN3O4S/c33-20-9-14-24(23(34)15-20)37-31(40)29-30(42-29)32(41)38(17-18-5-10-21(35)11-6-18)22-12-7-19(8-13-22)26(39)16-28-36-25-3-1-2-4-27(25)43-28/h1-15,29-30H,16-17H2,(H,37,40)/t29-,30-/m0/s1. The highest BCUT2D eigenvalue weighted by Gasteiger charge is 2.52. The van der Waals surface area contributed by atoms with Crippen molar-refractivity contribution in [3.63, 3.8) is 0 Å². The molecule has 5 aromatic rings. The van der Waals surface area contributed by atoms with Crippen LogP contribution in [-0.2, 0) is 27.3 Å². The summed E-state index contributed by atoms with van der Waals surface area (Å²) < 4.78 is 20.1. The van der Waals surface area contributed by atoms with Crippen LogP contribution in [0.5, 0.6) is 0 Å². The molecule has 0 unspecified atom stereocenters. The minimum Gasteiger partial charge on any atom is -0.349 e. The van der Waals surface area contributed by atoms with Crippen LogP contribution in [0.2, 0.25) is 10.0 Å². The molecule has 11 heteroatoms. The fraction of sp³-hybridized carbons (Fsp3) is 0.125. The fourth-order valence-electron chi connectivity index (χ4n) is 4.58.